The van der Waals surface area contributed by atoms with Crippen molar-refractivity contribution in [2.24, 2.45) is 0 Å². The Labute approximate surface area is 128 Å². The Bertz CT molecular complexity index is 696. The number of carbonyl (C=O) groups excluding carboxylic acids is 1. The average molecular weight is 296 g/mol. The van der Waals surface area contributed by atoms with E-state index in [2.05, 4.69) is 10.6 Å². The second kappa shape index (κ2) is 5.26. The number of amides is 2. The fourth-order valence-corrected chi connectivity index (χ4v) is 2.91. The third kappa shape index (κ3) is 2.24. The first-order valence-corrected chi connectivity index (χ1v) is 7.38. The highest BCUT2D eigenvalue weighted by molar-refractivity contribution is 6.02. The first-order chi connectivity index (χ1) is 10.8. The Balaban J connectivity index is 1.62. The van der Waals surface area contributed by atoms with Crippen molar-refractivity contribution >= 4 is 17.4 Å². The van der Waals surface area contributed by atoms with Gasteiger partial charge in [-0.05, 0) is 18.2 Å². The Morgan fingerprint density at radius 1 is 1.00 bits per heavy atom. The summed E-state index contributed by atoms with van der Waals surface area (Å²) in [4.78, 5) is 12.3. The van der Waals surface area contributed by atoms with E-state index >= 15 is 0 Å². The molecule has 2 aromatic carbocycles. The number of benzene rings is 2. The van der Waals surface area contributed by atoms with Crippen LogP contribution in [0.1, 0.15) is 11.1 Å². The normalized spacial score (nSPS) is 14.5. The highest BCUT2D eigenvalue weighted by atomic mass is 16.5. The molecule has 0 bridgehead atoms. The first-order valence-electron chi connectivity index (χ1n) is 7.38. The highest BCUT2D eigenvalue weighted by Gasteiger charge is 2.27. The van der Waals surface area contributed by atoms with Gasteiger partial charge in [-0.25, -0.2) is 4.79 Å². The number of hydrogen-bond donors (Lipinski definition) is 2. The number of hydrogen-bond acceptors (Lipinski definition) is 3. The van der Waals surface area contributed by atoms with E-state index < -0.39 is 0 Å². The molecule has 2 amide bonds. The molecule has 112 valence electrons. The number of fused-ring (bicyclic) bond motifs is 2. The molecule has 5 nitrogen and oxygen atoms in total. The minimum absolute atomic E-state index is 0.274. The number of anilines is 2. The topological polar surface area (TPSA) is 59.6 Å². The maximum atomic E-state index is 12.3. The zero-order valence-electron chi connectivity index (χ0n) is 12.0. The van der Waals surface area contributed by atoms with Crippen LogP contribution >= 0.6 is 0 Å². The summed E-state index contributed by atoms with van der Waals surface area (Å²) in [5.74, 6) is 1.65. The highest BCUT2D eigenvalue weighted by Crippen LogP contribution is 2.44. The van der Waals surface area contributed by atoms with Gasteiger partial charge in [0.05, 0.1) is 18.9 Å². The monoisotopic (exact) mass is 296 g/mol. The van der Waals surface area contributed by atoms with E-state index in [4.69, 9.17) is 9.47 Å². The maximum absolute atomic E-state index is 12.3. The van der Waals surface area contributed by atoms with Crippen LogP contribution in [0, 0.1) is 0 Å². The molecule has 0 radical (unpaired) electrons. The smallest absolute Gasteiger partial charge is 0.323 e. The lowest BCUT2D eigenvalue weighted by molar-refractivity contribution is 0.262. The molecule has 0 aliphatic carbocycles. The Hall–Kier alpha value is -2.69. The van der Waals surface area contributed by atoms with Gasteiger partial charge in [0, 0.05) is 29.7 Å². The van der Waals surface area contributed by atoms with Crippen molar-refractivity contribution in [2.75, 3.05) is 23.8 Å². The van der Waals surface area contributed by atoms with Gasteiger partial charge in [-0.2, -0.15) is 0 Å². The summed E-state index contributed by atoms with van der Waals surface area (Å²) in [6, 6.07) is 11.1. The number of urea groups is 1. The minimum Gasteiger partial charge on any atom is -0.493 e. The molecular formula is C17H16N2O3. The van der Waals surface area contributed by atoms with Crippen molar-refractivity contribution in [2.45, 2.75) is 12.8 Å². The molecular weight excluding hydrogens is 280 g/mol. The second-order valence-electron chi connectivity index (χ2n) is 5.36. The van der Waals surface area contributed by atoms with Crippen molar-refractivity contribution in [3.63, 3.8) is 0 Å². The second-order valence-corrected chi connectivity index (χ2v) is 5.36. The van der Waals surface area contributed by atoms with Crippen molar-refractivity contribution in [3.05, 3.63) is 47.5 Å². The zero-order chi connectivity index (χ0) is 14.9. The molecule has 0 aromatic heterocycles. The average Bonchev–Trinajstić information content (AvgIpc) is 3.16. The predicted molar refractivity (Wildman–Crippen MR) is 83.9 cm³/mol. The summed E-state index contributed by atoms with van der Waals surface area (Å²) in [6.45, 7) is 1.29. The van der Waals surface area contributed by atoms with Gasteiger partial charge in [-0.1, -0.05) is 18.2 Å². The van der Waals surface area contributed by atoms with E-state index in [0.717, 1.165) is 46.8 Å². The fraction of sp³-hybridized carbons (Fsp3) is 0.235. The van der Waals surface area contributed by atoms with E-state index in [1.807, 2.05) is 36.4 Å². The fourth-order valence-electron chi connectivity index (χ4n) is 2.91. The number of para-hydroxylation sites is 1. The molecule has 2 N–H and O–H groups in total. The lowest BCUT2D eigenvalue weighted by Gasteiger charge is -2.14. The van der Waals surface area contributed by atoms with Gasteiger partial charge in [0.25, 0.3) is 0 Å². The van der Waals surface area contributed by atoms with Gasteiger partial charge in [0.1, 0.15) is 11.5 Å². The summed E-state index contributed by atoms with van der Waals surface area (Å²) in [7, 11) is 0. The van der Waals surface area contributed by atoms with Gasteiger partial charge in [-0.15, -0.1) is 0 Å². The number of carbonyl (C=O) groups is 1. The van der Waals surface area contributed by atoms with Crippen LogP contribution in [0.3, 0.4) is 0 Å². The van der Waals surface area contributed by atoms with Crippen LogP contribution in [-0.2, 0) is 12.8 Å². The molecule has 0 atom stereocenters. The largest absolute Gasteiger partial charge is 0.493 e. The molecule has 22 heavy (non-hydrogen) atoms. The molecule has 0 unspecified atom stereocenters. The summed E-state index contributed by atoms with van der Waals surface area (Å²) < 4.78 is 11.3. The first kappa shape index (κ1) is 13.0. The Morgan fingerprint density at radius 2 is 1.82 bits per heavy atom. The SMILES string of the molecule is O=C(Nc1ccccc1)Nc1c2c(cc3c1OCC3)OCC2. The van der Waals surface area contributed by atoms with Gasteiger partial charge in [-0.3, -0.25) is 0 Å². The van der Waals surface area contributed by atoms with E-state index in [1.54, 1.807) is 0 Å². The summed E-state index contributed by atoms with van der Waals surface area (Å²) in [6.07, 6.45) is 1.63. The zero-order valence-corrected chi connectivity index (χ0v) is 12.0. The van der Waals surface area contributed by atoms with Crippen molar-refractivity contribution in [3.8, 4) is 11.5 Å². The van der Waals surface area contributed by atoms with Crippen LogP contribution in [0.25, 0.3) is 0 Å². The number of nitrogens with one attached hydrogen (secondary N) is 2. The molecule has 2 aliphatic rings. The van der Waals surface area contributed by atoms with Gasteiger partial charge in [0.15, 0.2) is 0 Å². The van der Waals surface area contributed by atoms with Gasteiger partial charge in [0.2, 0.25) is 0 Å². The van der Waals surface area contributed by atoms with E-state index in [-0.39, 0.29) is 6.03 Å². The summed E-state index contributed by atoms with van der Waals surface area (Å²) in [5, 5.41) is 5.76. The molecule has 5 heteroatoms. The number of rotatable bonds is 2. The molecule has 0 saturated carbocycles. The van der Waals surface area contributed by atoms with Crippen LogP contribution < -0.4 is 20.1 Å². The van der Waals surface area contributed by atoms with Crippen LogP contribution in [0.15, 0.2) is 36.4 Å². The summed E-state index contributed by atoms with van der Waals surface area (Å²) in [5.41, 5.74) is 3.61. The Kier molecular flexibility index (Phi) is 3.11. The van der Waals surface area contributed by atoms with Crippen molar-refractivity contribution in [1.29, 1.82) is 0 Å². The lowest BCUT2D eigenvalue weighted by atomic mass is 10.0. The standard InChI is InChI=1S/C17H16N2O3/c20-17(18-12-4-2-1-3-5-12)19-15-13-7-9-21-14(13)10-11-6-8-22-16(11)15/h1-5,10H,6-9H2,(H2,18,19,20). The van der Waals surface area contributed by atoms with Crippen molar-refractivity contribution < 1.29 is 14.3 Å². The van der Waals surface area contributed by atoms with E-state index in [9.17, 15) is 4.79 Å². The molecule has 0 saturated heterocycles. The Morgan fingerprint density at radius 3 is 2.68 bits per heavy atom. The number of ether oxygens (including phenoxy) is 2. The molecule has 2 aliphatic heterocycles. The van der Waals surface area contributed by atoms with Crippen LogP contribution in [0.5, 0.6) is 11.5 Å². The summed E-state index contributed by atoms with van der Waals surface area (Å²) >= 11 is 0. The minimum atomic E-state index is -0.274. The predicted octanol–water partition coefficient (Wildman–Crippen LogP) is 3.20. The van der Waals surface area contributed by atoms with Crippen LogP contribution in [0.4, 0.5) is 16.2 Å². The van der Waals surface area contributed by atoms with Gasteiger partial charge >= 0.3 is 6.03 Å². The van der Waals surface area contributed by atoms with Crippen molar-refractivity contribution in [1.82, 2.24) is 0 Å². The van der Waals surface area contributed by atoms with Crippen LogP contribution in [-0.4, -0.2) is 19.2 Å². The molecule has 0 spiro atoms. The molecule has 4 rings (SSSR count). The van der Waals surface area contributed by atoms with E-state index in [1.165, 1.54) is 0 Å². The quantitative estimate of drug-likeness (QED) is 0.894. The molecule has 0 fully saturated rings. The van der Waals surface area contributed by atoms with Gasteiger partial charge < -0.3 is 20.1 Å². The maximum Gasteiger partial charge on any atom is 0.323 e. The lowest BCUT2D eigenvalue weighted by Crippen LogP contribution is -2.20. The third-order valence-corrected chi connectivity index (χ3v) is 3.92. The third-order valence-electron chi connectivity index (χ3n) is 3.92. The molecule has 2 aromatic rings. The van der Waals surface area contributed by atoms with Crippen LogP contribution in [0.2, 0.25) is 0 Å². The van der Waals surface area contributed by atoms with E-state index in [0.29, 0.717) is 13.2 Å². The molecule has 2 heterocycles.